The van der Waals surface area contributed by atoms with Crippen molar-refractivity contribution >= 4 is 23.3 Å². The molecule has 1 fully saturated rings. The van der Waals surface area contributed by atoms with Crippen LogP contribution in [0.1, 0.15) is 35.6 Å². The second kappa shape index (κ2) is 9.21. The van der Waals surface area contributed by atoms with Crippen LogP contribution in [-0.2, 0) is 6.18 Å². The number of fused-ring (bicyclic) bond motifs is 1. The number of hydrogen-bond donors (Lipinski definition) is 2. The molecule has 2 amide bonds. The van der Waals surface area contributed by atoms with Crippen LogP contribution in [-0.4, -0.2) is 53.0 Å². The molecule has 188 valence electrons. The summed E-state index contributed by atoms with van der Waals surface area (Å²) in [7, 11) is 1.61. The van der Waals surface area contributed by atoms with Crippen molar-refractivity contribution in [3.05, 3.63) is 71.6 Å². The number of carbonyl (C=O) groups excluding carboxylic acids is 1. The molecular weight excluding hydrogens is 473 g/mol. The zero-order valence-corrected chi connectivity index (χ0v) is 19.5. The number of benzene rings is 1. The number of amides is 2. The number of nitrogen functional groups attached to an aromatic ring is 1. The molecule has 3 N–H and O–H groups in total. The minimum atomic E-state index is -4.60. The van der Waals surface area contributed by atoms with Crippen LogP contribution in [0, 0.1) is 0 Å². The molecule has 3 aliphatic rings. The number of alkyl halides is 3. The van der Waals surface area contributed by atoms with Gasteiger partial charge in [-0.25, -0.2) is 14.8 Å². The zero-order chi connectivity index (χ0) is 25.4. The molecule has 2 unspecified atom stereocenters. The van der Waals surface area contributed by atoms with Crippen LogP contribution in [0.5, 0.6) is 5.75 Å². The number of methoxy groups -OCH3 is 1. The molecule has 1 saturated heterocycles. The van der Waals surface area contributed by atoms with Crippen LogP contribution in [0.3, 0.4) is 0 Å². The number of amidine groups is 1. The fourth-order valence-electron chi connectivity index (χ4n) is 4.80. The molecule has 1 aromatic carbocycles. The summed E-state index contributed by atoms with van der Waals surface area (Å²) in [5, 5.41) is 2.98. The van der Waals surface area contributed by atoms with E-state index in [0.29, 0.717) is 24.5 Å². The molecule has 0 aliphatic carbocycles. The first-order valence-electron chi connectivity index (χ1n) is 11.5. The van der Waals surface area contributed by atoms with E-state index < -0.39 is 23.7 Å². The Bertz CT molecular complexity index is 1270. The summed E-state index contributed by atoms with van der Waals surface area (Å²) in [6, 6.07) is 8.35. The van der Waals surface area contributed by atoms with Crippen molar-refractivity contribution in [2.24, 2.45) is 4.99 Å². The lowest BCUT2D eigenvalue weighted by Crippen LogP contribution is -2.45. The number of hydrogen-bond acceptors (Lipinski definition) is 6. The summed E-state index contributed by atoms with van der Waals surface area (Å²) in [6.45, 7) is 0.980. The van der Waals surface area contributed by atoms with Crippen molar-refractivity contribution in [1.82, 2.24) is 20.1 Å². The van der Waals surface area contributed by atoms with Gasteiger partial charge in [0.1, 0.15) is 23.6 Å². The van der Waals surface area contributed by atoms with Crippen molar-refractivity contribution in [2.45, 2.75) is 31.2 Å². The largest absolute Gasteiger partial charge is 0.496 e. The van der Waals surface area contributed by atoms with Gasteiger partial charge in [0.25, 0.3) is 0 Å². The van der Waals surface area contributed by atoms with Crippen LogP contribution in [0.2, 0.25) is 0 Å². The summed E-state index contributed by atoms with van der Waals surface area (Å²) >= 11 is 0. The van der Waals surface area contributed by atoms with Crippen LogP contribution in [0.4, 0.5) is 23.8 Å². The highest BCUT2D eigenvalue weighted by Gasteiger charge is 2.36. The number of aromatic nitrogens is 1. The van der Waals surface area contributed by atoms with E-state index in [1.54, 1.807) is 35.3 Å². The number of likely N-dealkylation sites (tertiary alicyclic amines) is 1. The Morgan fingerprint density at radius 1 is 1.25 bits per heavy atom. The highest BCUT2D eigenvalue weighted by Crippen LogP contribution is 2.37. The third-order valence-corrected chi connectivity index (χ3v) is 6.52. The molecule has 1 aromatic heterocycles. The number of rotatable bonds is 4. The molecule has 8 nitrogen and oxygen atoms in total. The predicted octanol–water partition coefficient (Wildman–Crippen LogP) is 4.19. The Kier molecular flexibility index (Phi) is 6.07. The molecule has 0 bridgehead atoms. The van der Waals surface area contributed by atoms with Gasteiger partial charge in [0, 0.05) is 30.1 Å². The predicted molar refractivity (Wildman–Crippen MR) is 129 cm³/mol. The first-order valence-corrected chi connectivity index (χ1v) is 11.5. The zero-order valence-electron chi connectivity index (χ0n) is 19.5. The number of carbonyl (C=O) groups is 1. The first-order chi connectivity index (χ1) is 17.2. The van der Waals surface area contributed by atoms with Crippen LogP contribution in [0.15, 0.2) is 59.9 Å². The SMILES string of the molecule is COc1ccccc1C1CCCN1C(=O)NC1CN2C=C(c3cnc(N)c(C(F)(F)F)c3)C=CC2=N1. The molecule has 5 rings (SSSR count). The molecule has 0 radical (unpaired) electrons. The van der Waals surface area contributed by atoms with Gasteiger partial charge in [0.15, 0.2) is 0 Å². The Labute approximate surface area is 205 Å². The maximum Gasteiger partial charge on any atom is 0.419 e. The van der Waals surface area contributed by atoms with Crippen molar-refractivity contribution in [1.29, 1.82) is 0 Å². The van der Waals surface area contributed by atoms with Gasteiger partial charge in [-0.3, -0.25) is 0 Å². The molecule has 0 spiro atoms. The van der Waals surface area contributed by atoms with E-state index >= 15 is 0 Å². The molecule has 36 heavy (non-hydrogen) atoms. The van der Waals surface area contributed by atoms with E-state index in [1.807, 2.05) is 24.3 Å². The maximum absolute atomic E-state index is 13.3. The Hall–Kier alpha value is -4.02. The molecule has 11 heteroatoms. The van der Waals surface area contributed by atoms with E-state index in [1.165, 1.54) is 6.20 Å². The lowest BCUT2D eigenvalue weighted by atomic mass is 10.0. The summed E-state index contributed by atoms with van der Waals surface area (Å²) in [5.41, 5.74) is 6.24. The van der Waals surface area contributed by atoms with Gasteiger partial charge in [-0.15, -0.1) is 0 Å². The van der Waals surface area contributed by atoms with Crippen molar-refractivity contribution in [3.8, 4) is 5.75 Å². The Morgan fingerprint density at radius 3 is 2.83 bits per heavy atom. The number of nitrogens with two attached hydrogens (primary N) is 1. The fraction of sp³-hybridized carbons (Fsp3) is 0.320. The van der Waals surface area contributed by atoms with Crippen molar-refractivity contribution in [3.63, 3.8) is 0 Å². The summed E-state index contributed by atoms with van der Waals surface area (Å²) in [5.74, 6) is 0.798. The van der Waals surface area contributed by atoms with E-state index in [4.69, 9.17) is 10.5 Å². The number of pyridine rings is 1. The number of urea groups is 1. The topological polar surface area (TPSA) is 96.1 Å². The summed E-state index contributed by atoms with van der Waals surface area (Å²) in [4.78, 5) is 25.0. The van der Waals surface area contributed by atoms with Gasteiger partial charge in [0.05, 0.1) is 25.3 Å². The second-order valence-corrected chi connectivity index (χ2v) is 8.77. The van der Waals surface area contributed by atoms with Crippen LogP contribution >= 0.6 is 0 Å². The smallest absolute Gasteiger partial charge is 0.419 e. The van der Waals surface area contributed by atoms with E-state index in [2.05, 4.69) is 15.3 Å². The van der Waals surface area contributed by atoms with Crippen molar-refractivity contribution in [2.75, 3.05) is 25.9 Å². The third kappa shape index (κ3) is 4.48. The Morgan fingerprint density at radius 2 is 2.06 bits per heavy atom. The number of aliphatic imine (C=N–C) groups is 1. The maximum atomic E-state index is 13.3. The van der Waals surface area contributed by atoms with E-state index in [0.717, 1.165) is 30.2 Å². The number of nitrogens with one attached hydrogen (secondary N) is 1. The average molecular weight is 499 g/mol. The number of ether oxygens (including phenoxy) is 1. The molecule has 2 aromatic rings. The monoisotopic (exact) mass is 498 g/mol. The lowest BCUT2D eigenvalue weighted by molar-refractivity contribution is -0.137. The standard InChI is InChI=1S/C25H25F3N6O2/c1-36-20-7-3-2-5-17(20)19-6-4-10-34(19)24(35)32-21-14-33-13-15(8-9-22(33)31-21)16-11-18(25(26,27)28)23(29)30-12-16/h2-3,5,7-9,11-13,19,21H,4,6,10,14H2,1H3,(H2,29,30)(H,32,35). The second-order valence-electron chi connectivity index (χ2n) is 8.77. The van der Waals surface area contributed by atoms with Crippen molar-refractivity contribution < 1.29 is 22.7 Å². The average Bonchev–Trinajstić information content (AvgIpc) is 3.50. The van der Waals surface area contributed by atoms with Gasteiger partial charge >= 0.3 is 12.2 Å². The lowest BCUT2D eigenvalue weighted by Gasteiger charge is -2.27. The number of allylic oxidation sites excluding steroid dienone is 2. The fourth-order valence-corrected chi connectivity index (χ4v) is 4.80. The normalized spacial score (nSPS) is 21.2. The minimum Gasteiger partial charge on any atom is -0.496 e. The van der Waals surface area contributed by atoms with Gasteiger partial charge in [-0.05, 0) is 42.7 Å². The Balaban J connectivity index is 1.28. The number of anilines is 1. The summed E-state index contributed by atoms with van der Waals surface area (Å²) < 4.78 is 45.2. The molecule has 3 aliphatic heterocycles. The third-order valence-electron chi connectivity index (χ3n) is 6.52. The minimum absolute atomic E-state index is 0.0926. The van der Waals surface area contributed by atoms with Gasteiger partial charge in [-0.1, -0.05) is 18.2 Å². The van der Waals surface area contributed by atoms with Gasteiger partial charge < -0.3 is 25.6 Å². The highest BCUT2D eigenvalue weighted by atomic mass is 19.4. The van der Waals surface area contributed by atoms with E-state index in [9.17, 15) is 18.0 Å². The molecule has 4 heterocycles. The quantitative estimate of drug-likeness (QED) is 0.659. The van der Waals surface area contributed by atoms with Crippen LogP contribution < -0.4 is 15.8 Å². The molecular formula is C25H25F3N6O2. The van der Waals surface area contributed by atoms with Gasteiger partial charge in [0.2, 0.25) is 0 Å². The molecule has 2 atom stereocenters. The summed E-state index contributed by atoms with van der Waals surface area (Å²) in [6.07, 6.45) is 3.01. The molecule has 0 saturated carbocycles. The number of halogens is 3. The number of nitrogens with zero attached hydrogens (tertiary/aromatic N) is 4. The number of para-hydroxylation sites is 1. The highest BCUT2D eigenvalue weighted by molar-refractivity contribution is 6.01. The first kappa shape index (κ1) is 23.7. The van der Waals surface area contributed by atoms with E-state index in [-0.39, 0.29) is 17.6 Å². The van der Waals surface area contributed by atoms with Crippen LogP contribution in [0.25, 0.3) is 5.57 Å². The van der Waals surface area contributed by atoms with Gasteiger partial charge in [-0.2, -0.15) is 13.2 Å².